The fourth-order valence-electron chi connectivity index (χ4n) is 5.06. The highest BCUT2D eigenvalue weighted by Gasteiger charge is 2.21. The molecule has 0 atom stereocenters. The van der Waals surface area contributed by atoms with E-state index in [1.54, 1.807) is 19.9 Å². The second-order valence-corrected chi connectivity index (χ2v) is 9.56. The predicted molar refractivity (Wildman–Crippen MR) is 135 cm³/mol. The fourth-order valence-corrected chi connectivity index (χ4v) is 5.06. The number of carbonyl (C=O) groups is 1. The first-order valence-corrected chi connectivity index (χ1v) is 12.4. The third kappa shape index (κ3) is 5.08. The highest BCUT2D eigenvalue weighted by molar-refractivity contribution is 5.79. The van der Waals surface area contributed by atoms with E-state index < -0.39 is 0 Å². The number of carbonyl (C=O) groups excluding carboxylic acids is 1. The van der Waals surface area contributed by atoms with Gasteiger partial charge in [-0.15, -0.1) is 0 Å². The molecule has 2 bridgehead atoms. The molecule has 0 radical (unpaired) electrons. The molecule has 188 valence electrons. The molecule has 2 aromatic carbocycles. The number of hydrogen-bond donors (Lipinski definition) is 2. The number of aromatic amines is 1. The number of H-pyrrole nitrogens is 1. The number of phenolic OH excluding ortho intramolecular Hbond substituents is 1. The van der Waals surface area contributed by atoms with Crippen molar-refractivity contribution in [2.75, 3.05) is 19.9 Å². The second kappa shape index (κ2) is 10.0. The Morgan fingerprint density at radius 1 is 1.00 bits per heavy atom. The highest BCUT2D eigenvalue weighted by atomic mass is 16.7. The van der Waals surface area contributed by atoms with Crippen LogP contribution in [-0.2, 0) is 36.9 Å². The van der Waals surface area contributed by atoms with Crippen LogP contribution in [0.2, 0.25) is 0 Å². The lowest BCUT2D eigenvalue weighted by atomic mass is 9.95. The molecule has 0 unspecified atom stereocenters. The van der Waals surface area contributed by atoms with Crippen LogP contribution in [0.4, 0.5) is 0 Å². The minimum Gasteiger partial charge on any atom is -0.508 e. The Hall–Kier alpha value is -3.81. The van der Waals surface area contributed by atoms with Crippen LogP contribution in [0.3, 0.4) is 0 Å². The minimum absolute atomic E-state index is 0.0184. The van der Waals surface area contributed by atoms with Gasteiger partial charge in [0, 0.05) is 24.3 Å². The number of amides is 1. The van der Waals surface area contributed by atoms with Crippen molar-refractivity contribution in [1.29, 1.82) is 0 Å². The first kappa shape index (κ1) is 23.9. The summed E-state index contributed by atoms with van der Waals surface area (Å²) in [5.41, 5.74) is 5.03. The summed E-state index contributed by atoms with van der Waals surface area (Å²) in [7, 11) is 0. The maximum absolute atomic E-state index is 13.4. The number of ether oxygens (including phenoxy) is 2. The van der Waals surface area contributed by atoms with Gasteiger partial charge in [-0.25, -0.2) is 4.98 Å². The van der Waals surface area contributed by atoms with Gasteiger partial charge in [-0.05, 0) is 86.4 Å². The summed E-state index contributed by atoms with van der Waals surface area (Å²) in [4.78, 5) is 34.8. The average Bonchev–Trinajstić information content (AvgIpc) is 3.30. The number of rotatable bonds is 2. The van der Waals surface area contributed by atoms with Gasteiger partial charge < -0.3 is 24.5 Å². The number of benzene rings is 2. The van der Waals surface area contributed by atoms with E-state index >= 15 is 0 Å². The molecule has 8 heteroatoms. The van der Waals surface area contributed by atoms with E-state index in [0.717, 1.165) is 53.0 Å². The Labute approximate surface area is 209 Å². The van der Waals surface area contributed by atoms with Crippen molar-refractivity contribution in [3.8, 4) is 17.2 Å². The smallest absolute Gasteiger partial charge is 0.254 e. The Morgan fingerprint density at radius 2 is 1.72 bits per heavy atom. The number of nitrogens with zero attached hydrogens (tertiary/aromatic N) is 2. The highest BCUT2D eigenvalue weighted by Crippen LogP contribution is 2.36. The van der Waals surface area contributed by atoms with Crippen LogP contribution in [-0.4, -0.2) is 45.8 Å². The molecule has 3 heterocycles. The van der Waals surface area contributed by atoms with Crippen molar-refractivity contribution >= 4 is 5.91 Å². The minimum atomic E-state index is -0.257. The van der Waals surface area contributed by atoms with Gasteiger partial charge in [0.25, 0.3) is 5.56 Å². The van der Waals surface area contributed by atoms with E-state index in [9.17, 15) is 14.7 Å². The summed E-state index contributed by atoms with van der Waals surface area (Å²) in [6, 6.07) is 9.76. The number of nitrogens with one attached hydrogen (secondary N) is 1. The third-order valence-corrected chi connectivity index (χ3v) is 7.07. The fraction of sp³-hybridized carbons (Fsp3) is 0.393. The lowest BCUT2D eigenvalue weighted by molar-refractivity contribution is -0.130. The number of fused-ring (bicyclic) bond motifs is 4. The van der Waals surface area contributed by atoms with Crippen LogP contribution in [0.5, 0.6) is 17.2 Å². The molecule has 2 N–H and O–H groups in total. The standard InChI is InChI=1S/C28H31N3O5/c1-17-23(28(34)30-18(2)29-17)15-27(33)31-10-3-4-20-13-25-26(36-16-35-25)14-21(20)6-7-22-12-19(9-11-31)5-8-24(22)32/h5,8,12-14,32H,3-4,6-7,9-11,15-16H2,1-2H3,(H,29,30,34). The van der Waals surface area contributed by atoms with Crippen LogP contribution in [0.25, 0.3) is 0 Å². The Balaban J connectivity index is 1.43. The molecular weight excluding hydrogens is 458 g/mol. The van der Waals surface area contributed by atoms with Crippen molar-refractivity contribution in [2.24, 2.45) is 0 Å². The normalized spacial score (nSPS) is 15.4. The van der Waals surface area contributed by atoms with E-state index in [0.29, 0.717) is 43.0 Å². The molecule has 36 heavy (non-hydrogen) atoms. The van der Waals surface area contributed by atoms with E-state index in [2.05, 4.69) is 9.97 Å². The summed E-state index contributed by atoms with van der Waals surface area (Å²) < 4.78 is 11.2. The first-order chi connectivity index (χ1) is 17.4. The molecule has 2 aliphatic heterocycles. The van der Waals surface area contributed by atoms with Gasteiger partial charge in [-0.2, -0.15) is 0 Å². The lowest BCUT2D eigenvalue weighted by Gasteiger charge is -2.23. The third-order valence-electron chi connectivity index (χ3n) is 7.07. The monoisotopic (exact) mass is 489 g/mol. The van der Waals surface area contributed by atoms with Crippen LogP contribution in [0.15, 0.2) is 35.1 Å². The molecule has 1 aromatic heterocycles. The van der Waals surface area contributed by atoms with E-state index in [4.69, 9.17) is 9.47 Å². The molecule has 3 aromatic rings. The average molecular weight is 490 g/mol. The quantitative estimate of drug-likeness (QED) is 0.573. The van der Waals surface area contributed by atoms with Gasteiger partial charge >= 0.3 is 0 Å². The number of hydrogen-bond acceptors (Lipinski definition) is 6. The zero-order valence-corrected chi connectivity index (χ0v) is 20.7. The number of aryl methyl sites for hydroxylation is 5. The molecule has 0 fully saturated rings. The van der Waals surface area contributed by atoms with Gasteiger partial charge in [0.15, 0.2) is 11.5 Å². The molecular formula is C28H31N3O5. The lowest BCUT2D eigenvalue weighted by Crippen LogP contribution is -2.36. The van der Waals surface area contributed by atoms with E-state index in [1.165, 1.54) is 0 Å². The second-order valence-electron chi connectivity index (χ2n) is 9.56. The van der Waals surface area contributed by atoms with E-state index in [-0.39, 0.29) is 30.4 Å². The SMILES string of the molecule is Cc1nc(C)c(CC(=O)N2CCCc3cc4c(cc3CCc3cc(ccc3O)CC2)OCO4)c(=O)[nH]1. The Morgan fingerprint density at radius 3 is 2.47 bits per heavy atom. The van der Waals surface area contributed by atoms with Gasteiger partial charge in [0.1, 0.15) is 11.6 Å². The van der Waals surface area contributed by atoms with E-state index in [1.807, 2.05) is 29.2 Å². The molecule has 1 amide bonds. The molecule has 0 spiro atoms. The zero-order chi connectivity index (χ0) is 25.2. The van der Waals surface area contributed by atoms with Crippen LogP contribution < -0.4 is 15.0 Å². The molecule has 0 saturated carbocycles. The van der Waals surface area contributed by atoms with Crippen LogP contribution in [0.1, 0.15) is 45.8 Å². The Kier molecular flexibility index (Phi) is 6.67. The summed E-state index contributed by atoms with van der Waals surface area (Å²) in [6.45, 7) is 4.83. The maximum Gasteiger partial charge on any atom is 0.254 e. The number of phenols is 1. The number of aromatic hydroxyl groups is 1. The summed E-state index contributed by atoms with van der Waals surface area (Å²) in [6.07, 6.45) is 3.73. The van der Waals surface area contributed by atoms with Gasteiger partial charge in [-0.1, -0.05) is 12.1 Å². The topological polar surface area (TPSA) is 105 Å². The molecule has 8 nitrogen and oxygen atoms in total. The van der Waals surface area contributed by atoms with Crippen molar-refractivity contribution in [1.82, 2.24) is 14.9 Å². The Bertz CT molecular complexity index is 1360. The largest absolute Gasteiger partial charge is 0.508 e. The molecule has 2 aliphatic rings. The summed E-state index contributed by atoms with van der Waals surface area (Å²) in [5.74, 6) is 2.23. The van der Waals surface area contributed by atoms with Crippen molar-refractivity contribution < 1.29 is 19.4 Å². The van der Waals surface area contributed by atoms with Crippen LogP contribution in [0, 0.1) is 13.8 Å². The molecule has 5 rings (SSSR count). The van der Waals surface area contributed by atoms with Crippen molar-refractivity contribution in [3.63, 3.8) is 0 Å². The van der Waals surface area contributed by atoms with Gasteiger partial charge in [-0.3, -0.25) is 9.59 Å². The van der Waals surface area contributed by atoms with Crippen LogP contribution >= 0.6 is 0 Å². The van der Waals surface area contributed by atoms with Gasteiger partial charge in [0.2, 0.25) is 12.7 Å². The summed E-state index contributed by atoms with van der Waals surface area (Å²) >= 11 is 0. The molecule has 0 aliphatic carbocycles. The van der Waals surface area contributed by atoms with Gasteiger partial charge in [0.05, 0.1) is 6.42 Å². The predicted octanol–water partition coefficient (Wildman–Crippen LogP) is 3.17. The first-order valence-electron chi connectivity index (χ1n) is 12.4. The zero-order valence-electron chi connectivity index (χ0n) is 20.7. The van der Waals surface area contributed by atoms with Crippen molar-refractivity contribution in [2.45, 2.75) is 52.4 Å². The number of aromatic nitrogens is 2. The molecule has 0 saturated heterocycles. The van der Waals surface area contributed by atoms with Crippen molar-refractivity contribution in [3.05, 3.63) is 80.0 Å². The summed E-state index contributed by atoms with van der Waals surface area (Å²) in [5, 5.41) is 10.5. The maximum atomic E-state index is 13.4.